The molecule has 0 spiro atoms. The average Bonchev–Trinajstić information content (AvgIpc) is 2.43. The molecule has 2 N–H and O–H groups in total. The van der Waals surface area contributed by atoms with Gasteiger partial charge in [0.1, 0.15) is 0 Å². The molecule has 0 saturated carbocycles. The number of aryl methyl sites for hydroxylation is 2. The lowest BCUT2D eigenvalue weighted by Gasteiger charge is -2.24. The normalized spacial score (nSPS) is 12.6. The fourth-order valence-electron chi connectivity index (χ4n) is 3.33. The van der Waals surface area contributed by atoms with Crippen LogP contribution in [0.3, 0.4) is 0 Å². The number of rotatable bonds is 2. The van der Waals surface area contributed by atoms with Crippen LogP contribution < -0.4 is 5.73 Å². The molecule has 1 heteroatoms. The fraction of sp³-hybridized carbons (Fsp3) is 0.400. The van der Waals surface area contributed by atoms with E-state index < -0.39 is 0 Å². The first-order chi connectivity index (χ1) is 9.75. The van der Waals surface area contributed by atoms with Crippen molar-refractivity contribution in [3.8, 4) is 0 Å². The number of hydrogen-bond acceptors (Lipinski definition) is 1. The highest BCUT2D eigenvalue weighted by Crippen LogP contribution is 2.33. The van der Waals surface area contributed by atoms with Gasteiger partial charge in [-0.2, -0.15) is 0 Å². The van der Waals surface area contributed by atoms with Crippen molar-refractivity contribution >= 4 is 0 Å². The van der Waals surface area contributed by atoms with Crippen molar-refractivity contribution in [1.29, 1.82) is 0 Å². The molecule has 0 bridgehead atoms. The molecule has 0 amide bonds. The monoisotopic (exact) mass is 281 g/mol. The van der Waals surface area contributed by atoms with E-state index in [9.17, 15) is 0 Å². The highest BCUT2D eigenvalue weighted by Gasteiger charge is 2.20. The van der Waals surface area contributed by atoms with E-state index in [2.05, 4.69) is 66.7 Å². The minimum Gasteiger partial charge on any atom is -0.320 e. The van der Waals surface area contributed by atoms with E-state index in [-0.39, 0.29) is 6.04 Å². The third kappa shape index (κ3) is 2.63. The van der Waals surface area contributed by atoms with Crippen molar-refractivity contribution in [1.82, 2.24) is 0 Å². The molecule has 2 rings (SSSR count). The SMILES string of the molecule is Cc1ccc(C(N)c2c(C)c(C)c(C)c(C)c2C)c(C)c1. The standard InChI is InChI=1S/C20H27N/c1-11-8-9-18(12(2)10-11)20(21)19-16(6)14(4)13(3)15(5)17(19)7/h8-10,20H,21H2,1-7H3. The van der Waals surface area contributed by atoms with Crippen LogP contribution in [0.4, 0.5) is 0 Å². The molecule has 0 radical (unpaired) electrons. The van der Waals surface area contributed by atoms with Gasteiger partial charge in [0.05, 0.1) is 6.04 Å². The average molecular weight is 281 g/mol. The molecule has 21 heavy (non-hydrogen) atoms. The molecule has 0 aliphatic heterocycles. The molecular formula is C20H27N. The van der Waals surface area contributed by atoms with Crippen LogP contribution in [0.15, 0.2) is 18.2 Å². The van der Waals surface area contributed by atoms with E-state index in [0.29, 0.717) is 0 Å². The Morgan fingerprint density at radius 2 is 1.19 bits per heavy atom. The summed E-state index contributed by atoms with van der Waals surface area (Å²) in [7, 11) is 0. The molecule has 1 atom stereocenters. The van der Waals surface area contributed by atoms with Gasteiger partial charge in [-0.1, -0.05) is 23.8 Å². The predicted molar refractivity (Wildman–Crippen MR) is 92.1 cm³/mol. The molecule has 0 saturated heterocycles. The van der Waals surface area contributed by atoms with Gasteiger partial charge in [-0.25, -0.2) is 0 Å². The van der Waals surface area contributed by atoms with Gasteiger partial charge in [-0.15, -0.1) is 0 Å². The van der Waals surface area contributed by atoms with Gasteiger partial charge in [0.25, 0.3) is 0 Å². The minimum atomic E-state index is -0.0522. The molecule has 0 fully saturated rings. The van der Waals surface area contributed by atoms with E-state index >= 15 is 0 Å². The van der Waals surface area contributed by atoms with E-state index in [1.54, 1.807) is 0 Å². The third-order valence-corrected chi connectivity index (χ3v) is 5.13. The van der Waals surface area contributed by atoms with Gasteiger partial charge in [-0.3, -0.25) is 0 Å². The molecule has 2 aromatic rings. The van der Waals surface area contributed by atoms with Crippen LogP contribution >= 0.6 is 0 Å². The second-order valence-electron chi connectivity index (χ2n) is 6.38. The molecule has 0 aliphatic carbocycles. The molecule has 112 valence electrons. The summed E-state index contributed by atoms with van der Waals surface area (Å²) < 4.78 is 0. The predicted octanol–water partition coefficient (Wildman–Crippen LogP) is 4.89. The zero-order valence-electron chi connectivity index (χ0n) is 14.4. The van der Waals surface area contributed by atoms with Crippen molar-refractivity contribution in [2.45, 2.75) is 54.5 Å². The van der Waals surface area contributed by atoms with Gasteiger partial charge < -0.3 is 5.73 Å². The van der Waals surface area contributed by atoms with Gasteiger partial charge in [0, 0.05) is 0 Å². The number of nitrogens with two attached hydrogens (primary N) is 1. The molecule has 0 aromatic heterocycles. The maximum absolute atomic E-state index is 6.66. The van der Waals surface area contributed by atoms with Crippen LogP contribution in [0.1, 0.15) is 56.1 Å². The Kier molecular flexibility index (Phi) is 4.25. The summed E-state index contributed by atoms with van der Waals surface area (Å²) in [6, 6.07) is 6.50. The lowest BCUT2D eigenvalue weighted by Crippen LogP contribution is -2.18. The summed E-state index contributed by atoms with van der Waals surface area (Å²) >= 11 is 0. The van der Waals surface area contributed by atoms with Gasteiger partial charge in [0.15, 0.2) is 0 Å². The Morgan fingerprint density at radius 1 is 0.714 bits per heavy atom. The third-order valence-electron chi connectivity index (χ3n) is 5.13. The first kappa shape index (κ1) is 15.8. The Labute approximate surface area is 129 Å². The largest absolute Gasteiger partial charge is 0.320 e. The topological polar surface area (TPSA) is 26.0 Å². The van der Waals surface area contributed by atoms with E-state index in [0.717, 1.165) is 0 Å². The van der Waals surface area contributed by atoms with E-state index in [1.807, 2.05) is 0 Å². The molecule has 1 nitrogen and oxygen atoms in total. The molecule has 0 heterocycles. The summed E-state index contributed by atoms with van der Waals surface area (Å²) in [6.07, 6.45) is 0. The zero-order chi connectivity index (χ0) is 15.9. The summed E-state index contributed by atoms with van der Waals surface area (Å²) in [5.41, 5.74) is 18.5. The maximum atomic E-state index is 6.66. The number of hydrogen-bond donors (Lipinski definition) is 1. The molecule has 0 aliphatic rings. The number of benzene rings is 2. The van der Waals surface area contributed by atoms with Crippen LogP contribution in [-0.2, 0) is 0 Å². The van der Waals surface area contributed by atoms with Gasteiger partial charge >= 0.3 is 0 Å². The van der Waals surface area contributed by atoms with Crippen LogP contribution in [0.25, 0.3) is 0 Å². The van der Waals surface area contributed by atoms with Crippen molar-refractivity contribution in [2.75, 3.05) is 0 Å². The Hall–Kier alpha value is -1.60. The molecular weight excluding hydrogens is 254 g/mol. The van der Waals surface area contributed by atoms with E-state index in [1.165, 1.54) is 50.1 Å². The minimum absolute atomic E-state index is 0.0522. The Balaban J connectivity index is 2.66. The van der Waals surface area contributed by atoms with Gasteiger partial charge in [-0.05, 0) is 93.0 Å². The fourth-order valence-corrected chi connectivity index (χ4v) is 3.33. The Morgan fingerprint density at radius 3 is 1.67 bits per heavy atom. The highest BCUT2D eigenvalue weighted by molar-refractivity contribution is 5.53. The quantitative estimate of drug-likeness (QED) is 0.833. The van der Waals surface area contributed by atoms with Crippen LogP contribution in [-0.4, -0.2) is 0 Å². The van der Waals surface area contributed by atoms with Crippen LogP contribution in [0.2, 0.25) is 0 Å². The Bertz CT molecular complexity index is 666. The lowest BCUT2D eigenvalue weighted by molar-refractivity contribution is 0.834. The van der Waals surface area contributed by atoms with Crippen LogP contribution in [0, 0.1) is 48.5 Å². The molecule has 1 unspecified atom stereocenters. The second kappa shape index (κ2) is 5.65. The van der Waals surface area contributed by atoms with Crippen molar-refractivity contribution < 1.29 is 0 Å². The molecule has 2 aromatic carbocycles. The summed E-state index contributed by atoms with van der Waals surface area (Å²) in [4.78, 5) is 0. The maximum Gasteiger partial charge on any atom is 0.0559 e. The summed E-state index contributed by atoms with van der Waals surface area (Å²) in [5.74, 6) is 0. The van der Waals surface area contributed by atoms with Crippen molar-refractivity contribution in [2.24, 2.45) is 5.73 Å². The summed E-state index contributed by atoms with van der Waals surface area (Å²) in [6.45, 7) is 15.3. The first-order valence-electron chi connectivity index (χ1n) is 7.65. The van der Waals surface area contributed by atoms with E-state index in [4.69, 9.17) is 5.73 Å². The van der Waals surface area contributed by atoms with Gasteiger partial charge in [0.2, 0.25) is 0 Å². The highest BCUT2D eigenvalue weighted by atomic mass is 14.6. The second-order valence-corrected chi connectivity index (χ2v) is 6.38. The lowest BCUT2D eigenvalue weighted by atomic mass is 9.83. The first-order valence-corrected chi connectivity index (χ1v) is 7.65. The van der Waals surface area contributed by atoms with Crippen molar-refractivity contribution in [3.05, 3.63) is 68.3 Å². The van der Waals surface area contributed by atoms with Crippen molar-refractivity contribution in [3.63, 3.8) is 0 Å². The zero-order valence-corrected chi connectivity index (χ0v) is 14.4. The smallest absolute Gasteiger partial charge is 0.0559 e. The van der Waals surface area contributed by atoms with Crippen LogP contribution in [0.5, 0.6) is 0 Å². The summed E-state index contributed by atoms with van der Waals surface area (Å²) in [5, 5.41) is 0.